The molecule has 0 saturated heterocycles. The van der Waals surface area contributed by atoms with Crippen molar-refractivity contribution in [2.24, 2.45) is 0 Å². The molecular formula is C15H13Cl2NO2. The number of rotatable bonds is 4. The van der Waals surface area contributed by atoms with E-state index in [0.29, 0.717) is 5.02 Å². The van der Waals surface area contributed by atoms with Gasteiger partial charge < -0.3 is 10.4 Å². The standard InChI is InChI=1S/C15H13Cl2NO2/c16-12-8-4-7-11(14(12)17)15(20)18-13(9-19)10-5-2-1-3-6-10/h1-8,13,19H,9H2,(H,18,20)/t13-/m1/s1. The summed E-state index contributed by atoms with van der Waals surface area (Å²) in [7, 11) is 0. The van der Waals surface area contributed by atoms with E-state index in [9.17, 15) is 9.90 Å². The summed E-state index contributed by atoms with van der Waals surface area (Å²) < 4.78 is 0. The van der Waals surface area contributed by atoms with Crippen molar-refractivity contribution in [1.29, 1.82) is 0 Å². The predicted octanol–water partition coefficient (Wildman–Crippen LogP) is 3.46. The van der Waals surface area contributed by atoms with Gasteiger partial charge in [-0.2, -0.15) is 0 Å². The molecule has 2 rings (SSSR count). The van der Waals surface area contributed by atoms with Gasteiger partial charge in [0.25, 0.3) is 5.91 Å². The zero-order valence-corrected chi connectivity index (χ0v) is 12.0. The number of aliphatic hydroxyl groups is 1. The van der Waals surface area contributed by atoms with Crippen LogP contribution in [0.15, 0.2) is 48.5 Å². The minimum absolute atomic E-state index is 0.200. The van der Waals surface area contributed by atoms with Crippen molar-refractivity contribution < 1.29 is 9.90 Å². The Morgan fingerprint density at radius 3 is 2.45 bits per heavy atom. The highest BCUT2D eigenvalue weighted by Gasteiger charge is 2.17. The molecule has 0 unspecified atom stereocenters. The molecule has 0 aliphatic rings. The Kier molecular flexibility index (Phi) is 5.01. The molecule has 2 aromatic rings. The second kappa shape index (κ2) is 6.75. The van der Waals surface area contributed by atoms with Gasteiger partial charge in [0.2, 0.25) is 0 Å². The maximum absolute atomic E-state index is 12.2. The molecule has 5 heteroatoms. The third kappa shape index (κ3) is 3.31. The lowest BCUT2D eigenvalue weighted by Crippen LogP contribution is -2.31. The van der Waals surface area contributed by atoms with Crippen molar-refractivity contribution in [3.05, 3.63) is 69.7 Å². The quantitative estimate of drug-likeness (QED) is 0.908. The number of hydrogen-bond acceptors (Lipinski definition) is 2. The molecular weight excluding hydrogens is 297 g/mol. The summed E-state index contributed by atoms with van der Waals surface area (Å²) in [5, 5.41) is 12.7. The molecule has 2 aromatic carbocycles. The van der Waals surface area contributed by atoms with Crippen molar-refractivity contribution in [2.75, 3.05) is 6.61 Å². The van der Waals surface area contributed by atoms with Crippen molar-refractivity contribution >= 4 is 29.1 Å². The lowest BCUT2D eigenvalue weighted by molar-refractivity contribution is 0.0916. The number of carbonyl (C=O) groups is 1. The average Bonchev–Trinajstić information content (AvgIpc) is 2.48. The molecule has 0 fully saturated rings. The number of nitrogens with one attached hydrogen (secondary N) is 1. The number of amides is 1. The lowest BCUT2D eigenvalue weighted by atomic mass is 10.1. The third-order valence-electron chi connectivity index (χ3n) is 2.89. The summed E-state index contributed by atoms with van der Waals surface area (Å²) in [6.07, 6.45) is 0. The summed E-state index contributed by atoms with van der Waals surface area (Å²) in [4.78, 5) is 12.2. The van der Waals surface area contributed by atoms with E-state index in [0.717, 1.165) is 5.56 Å². The number of hydrogen-bond donors (Lipinski definition) is 2. The Bertz CT molecular complexity index is 602. The number of halogens is 2. The van der Waals surface area contributed by atoms with Gasteiger partial charge in [-0.05, 0) is 17.7 Å². The van der Waals surface area contributed by atoms with E-state index in [4.69, 9.17) is 23.2 Å². The Morgan fingerprint density at radius 1 is 1.10 bits per heavy atom. The van der Waals surface area contributed by atoms with Crippen LogP contribution in [0, 0.1) is 0 Å². The molecule has 0 aliphatic carbocycles. The van der Waals surface area contributed by atoms with Crippen molar-refractivity contribution in [3.8, 4) is 0 Å². The maximum atomic E-state index is 12.2. The number of carbonyl (C=O) groups excluding carboxylic acids is 1. The van der Waals surface area contributed by atoms with Crippen molar-refractivity contribution in [1.82, 2.24) is 5.32 Å². The fraction of sp³-hybridized carbons (Fsp3) is 0.133. The molecule has 0 spiro atoms. The molecule has 0 radical (unpaired) electrons. The molecule has 104 valence electrons. The van der Waals surface area contributed by atoms with Gasteiger partial charge in [-0.3, -0.25) is 4.79 Å². The van der Waals surface area contributed by atoms with Crippen LogP contribution in [0.25, 0.3) is 0 Å². The van der Waals surface area contributed by atoms with Gasteiger partial charge in [-0.1, -0.05) is 59.6 Å². The normalized spacial score (nSPS) is 11.9. The van der Waals surface area contributed by atoms with Crippen LogP contribution in [0.3, 0.4) is 0 Å². The van der Waals surface area contributed by atoms with Gasteiger partial charge in [0, 0.05) is 0 Å². The van der Waals surface area contributed by atoms with E-state index < -0.39 is 6.04 Å². The van der Waals surface area contributed by atoms with Crippen LogP contribution >= 0.6 is 23.2 Å². The van der Waals surface area contributed by atoms with Crippen molar-refractivity contribution in [3.63, 3.8) is 0 Å². The van der Waals surface area contributed by atoms with E-state index in [1.54, 1.807) is 18.2 Å². The first-order valence-corrected chi connectivity index (χ1v) is 6.79. The molecule has 0 heterocycles. The van der Waals surface area contributed by atoms with E-state index in [1.807, 2.05) is 30.3 Å². The molecule has 1 amide bonds. The molecule has 3 nitrogen and oxygen atoms in total. The van der Waals surface area contributed by atoms with Crippen LogP contribution in [-0.4, -0.2) is 17.6 Å². The molecule has 0 aromatic heterocycles. The third-order valence-corrected chi connectivity index (χ3v) is 3.70. The van der Waals surface area contributed by atoms with Crippen LogP contribution in [0.4, 0.5) is 0 Å². The van der Waals surface area contributed by atoms with E-state index in [-0.39, 0.29) is 23.1 Å². The number of benzene rings is 2. The number of aliphatic hydroxyl groups excluding tert-OH is 1. The van der Waals surface area contributed by atoms with Gasteiger partial charge >= 0.3 is 0 Å². The van der Waals surface area contributed by atoms with Crippen LogP contribution < -0.4 is 5.32 Å². The monoisotopic (exact) mass is 309 g/mol. The van der Waals surface area contributed by atoms with Crippen LogP contribution in [-0.2, 0) is 0 Å². The van der Waals surface area contributed by atoms with Crippen LogP contribution in [0.1, 0.15) is 22.0 Å². The first-order chi connectivity index (χ1) is 9.63. The molecule has 0 bridgehead atoms. The molecule has 1 atom stereocenters. The maximum Gasteiger partial charge on any atom is 0.253 e. The minimum atomic E-state index is -0.487. The summed E-state index contributed by atoms with van der Waals surface area (Å²) in [6.45, 7) is -0.200. The second-order valence-corrected chi connectivity index (χ2v) is 5.01. The largest absolute Gasteiger partial charge is 0.394 e. The average molecular weight is 310 g/mol. The molecule has 0 saturated carbocycles. The highest BCUT2D eigenvalue weighted by molar-refractivity contribution is 6.43. The summed E-state index contributed by atoms with van der Waals surface area (Å²) >= 11 is 11.9. The SMILES string of the molecule is O=C(N[C@H](CO)c1ccccc1)c1cccc(Cl)c1Cl. The smallest absolute Gasteiger partial charge is 0.253 e. The zero-order valence-electron chi connectivity index (χ0n) is 10.5. The minimum Gasteiger partial charge on any atom is -0.394 e. The van der Waals surface area contributed by atoms with Crippen molar-refractivity contribution in [2.45, 2.75) is 6.04 Å². The van der Waals surface area contributed by atoms with Crippen LogP contribution in [0.2, 0.25) is 10.0 Å². The molecule has 2 N–H and O–H groups in total. The Balaban J connectivity index is 2.20. The fourth-order valence-electron chi connectivity index (χ4n) is 1.83. The van der Waals surface area contributed by atoms with Gasteiger partial charge in [-0.25, -0.2) is 0 Å². The van der Waals surface area contributed by atoms with Crippen LogP contribution in [0.5, 0.6) is 0 Å². The van der Waals surface area contributed by atoms with Gasteiger partial charge in [-0.15, -0.1) is 0 Å². The van der Waals surface area contributed by atoms with E-state index in [2.05, 4.69) is 5.32 Å². The first-order valence-electron chi connectivity index (χ1n) is 6.04. The fourth-order valence-corrected chi connectivity index (χ4v) is 2.22. The Hall–Kier alpha value is -1.55. The summed E-state index contributed by atoms with van der Waals surface area (Å²) in [6, 6.07) is 13.6. The lowest BCUT2D eigenvalue weighted by Gasteiger charge is -2.17. The summed E-state index contributed by atoms with van der Waals surface area (Å²) in [5.74, 6) is -0.375. The van der Waals surface area contributed by atoms with Gasteiger partial charge in [0.05, 0.1) is 28.3 Å². The summed E-state index contributed by atoms with van der Waals surface area (Å²) in [5.41, 5.74) is 1.11. The molecule has 20 heavy (non-hydrogen) atoms. The first kappa shape index (κ1) is 14.9. The predicted molar refractivity (Wildman–Crippen MR) is 80.2 cm³/mol. The van der Waals surface area contributed by atoms with Gasteiger partial charge in [0.1, 0.15) is 0 Å². The van der Waals surface area contributed by atoms with E-state index >= 15 is 0 Å². The zero-order chi connectivity index (χ0) is 14.5. The Morgan fingerprint density at radius 2 is 1.80 bits per heavy atom. The van der Waals surface area contributed by atoms with Gasteiger partial charge in [0.15, 0.2) is 0 Å². The van der Waals surface area contributed by atoms with E-state index in [1.165, 1.54) is 0 Å². The highest BCUT2D eigenvalue weighted by atomic mass is 35.5. The topological polar surface area (TPSA) is 49.3 Å². The molecule has 0 aliphatic heterocycles. The Labute approximate surface area is 127 Å². The highest BCUT2D eigenvalue weighted by Crippen LogP contribution is 2.26. The second-order valence-electron chi connectivity index (χ2n) is 4.22.